The standard InChI is InChI=1S/C9H12ClN3O/c10-8-6-13-3-1-7(8)5-12-4-2-9(11)14/h1,3,6,12H,2,4-5H2,(H2,11,14). The van der Waals surface area contributed by atoms with Crippen LogP contribution < -0.4 is 11.1 Å². The van der Waals surface area contributed by atoms with Crippen molar-refractivity contribution in [1.29, 1.82) is 0 Å². The van der Waals surface area contributed by atoms with Gasteiger partial charge in [0.25, 0.3) is 0 Å². The topological polar surface area (TPSA) is 68.0 Å². The van der Waals surface area contributed by atoms with Gasteiger partial charge in [-0.25, -0.2) is 0 Å². The van der Waals surface area contributed by atoms with Gasteiger partial charge in [-0.15, -0.1) is 0 Å². The van der Waals surface area contributed by atoms with Gasteiger partial charge in [-0.2, -0.15) is 0 Å². The summed E-state index contributed by atoms with van der Waals surface area (Å²) in [5, 5.41) is 3.68. The van der Waals surface area contributed by atoms with Crippen molar-refractivity contribution in [2.45, 2.75) is 13.0 Å². The van der Waals surface area contributed by atoms with Crippen molar-refractivity contribution in [2.24, 2.45) is 5.73 Å². The fraction of sp³-hybridized carbons (Fsp3) is 0.333. The van der Waals surface area contributed by atoms with Gasteiger partial charge in [0.05, 0.1) is 5.02 Å². The van der Waals surface area contributed by atoms with Crippen LogP contribution in [0.1, 0.15) is 12.0 Å². The van der Waals surface area contributed by atoms with E-state index in [0.717, 1.165) is 5.56 Å². The van der Waals surface area contributed by atoms with Crippen molar-refractivity contribution in [1.82, 2.24) is 10.3 Å². The van der Waals surface area contributed by atoms with Crippen molar-refractivity contribution >= 4 is 17.5 Å². The average molecular weight is 214 g/mol. The molecule has 14 heavy (non-hydrogen) atoms. The number of primary amides is 1. The summed E-state index contributed by atoms with van der Waals surface area (Å²) in [6, 6.07) is 1.83. The summed E-state index contributed by atoms with van der Waals surface area (Å²) in [4.78, 5) is 14.3. The Balaban J connectivity index is 2.31. The normalized spacial score (nSPS) is 10.1. The largest absolute Gasteiger partial charge is 0.370 e. The summed E-state index contributed by atoms with van der Waals surface area (Å²) in [6.07, 6.45) is 3.60. The lowest BCUT2D eigenvalue weighted by molar-refractivity contribution is -0.117. The van der Waals surface area contributed by atoms with Crippen LogP contribution in [0.4, 0.5) is 0 Å². The molecule has 0 fully saturated rings. The molecule has 76 valence electrons. The molecule has 1 aromatic rings. The van der Waals surface area contributed by atoms with Crippen LogP contribution in [0.25, 0.3) is 0 Å². The molecular formula is C9H12ClN3O. The Labute approximate surface area is 87.5 Å². The van der Waals surface area contributed by atoms with Crippen molar-refractivity contribution in [3.8, 4) is 0 Å². The maximum atomic E-state index is 10.4. The summed E-state index contributed by atoms with van der Waals surface area (Å²) in [5.41, 5.74) is 5.95. The van der Waals surface area contributed by atoms with Crippen molar-refractivity contribution < 1.29 is 4.79 Å². The molecular weight excluding hydrogens is 202 g/mol. The SMILES string of the molecule is NC(=O)CCNCc1ccncc1Cl. The van der Waals surface area contributed by atoms with E-state index in [2.05, 4.69) is 10.3 Å². The first kappa shape index (κ1) is 10.9. The molecule has 1 heterocycles. The molecule has 0 aliphatic heterocycles. The second-order valence-electron chi connectivity index (χ2n) is 2.86. The van der Waals surface area contributed by atoms with Gasteiger partial charge in [0.15, 0.2) is 0 Å². The van der Waals surface area contributed by atoms with E-state index in [-0.39, 0.29) is 5.91 Å². The lowest BCUT2D eigenvalue weighted by Gasteiger charge is -2.04. The average Bonchev–Trinajstić information content (AvgIpc) is 2.15. The number of pyridine rings is 1. The second-order valence-corrected chi connectivity index (χ2v) is 3.27. The zero-order chi connectivity index (χ0) is 10.4. The van der Waals surface area contributed by atoms with Crippen LogP contribution in [0.3, 0.4) is 0 Å². The zero-order valence-electron chi connectivity index (χ0n) is 7.66. The van der Waals surface area contributed by atoms with Crippen LogP contribution >= 0.6 is 11.6 Å². The number of hydrogen-bond acceptors (Lipinski definition) is 3. The zero-order valence-corrected chi connectivity index (χ0v) is 8.42. The molecule has 0 saturated carbocycles. The molecule has 3 N–H and O–H groups in total. The van der Waals surface area contributed by atoms with Gasteiger partial charge in [0.2, 0.25) is 5.91 Å². The van der Waals surface area contributed by atoms with Crippen LogP contribution in [-0.4, -0.2) is 17.4 Å². The predicted molar refractivity (Wildman–Crippen MR) is 54.8 cm³/mol. The Morgan fingerprint density at radius 3 is 3.07 bits per heavy atom. The quantitative estimate of drug-likeness (QED) is 0.708. The number of hydrogen-bond donors (Lipinski definition) is 2. The number of amides is 1. The van der Waals surface area contributed by atoms with Gasteiger partial charge in [0, 0.05) is 31.9 Å². The van der Waals surface area contributed by atoms with Crippen molar-refractivity contribution in [3.63, 3.8) is 0 Å². The maximum Gasteiger partial charge on any atom is 0.218 e. The molecule has 0 saturated heterocycles. The lowest BCUT2D eigenvalue weighted by atomic mass is 10.2. The number of carbonyl (C=O) groups is 1. The first-order chi connectivity index (χ1) is 6.70. The summed E-state index contributed by atoms with van der Waals surface area (Å²) < 4.78 is 0. The highest BCUT2D eigenvalue weighted by Crippen LogP contribution is 2.12. The van der Waals surface area contributed by atoms with Gasteiger partial charge >= 0.3 is 0 Å². The molecule has 0 radical (unpaired) electrons. The molecule has 0 aliphatic carbocycles. The Morgan fingerprint density at radius 1 is 1.64 bits per heavy atom. The number of aromatic nitrogens is 1. The van der Waals surface area contributed by atoms with Gasteiger partial charge < -0.3 is 11.1 Å². The molecule has 0 unspecified atom stereocenters. The smallest absolute Gasteiger partial charge is 0.218 e. The van der Waals surface area contributed by atoms with Gasteiger partial charge in [-0.3, -0.25) is 9.78 Å². The molecule has 5 heteroatoms. The summed E-state index contributed by atoms with van der Waals surface area (Å²) in [6.45, 7) is 1.18. The third kappa shape index (κ3) is 3.72. The molecule has 0 bridgehead atoms. The van der Waals surface area contributed by atoms with Crippen LogP contribution in [0.2, 0.25) is 5.02 Å². The number of halogens is 1. The molecule has 0 atom stereocenters. The van der Waals surface area contributed by atoms with E-state index in [1.165, 1.54) is 0 Å². The molecule has 1 amide bonds. The molecule has 0 spiro atoms. The monoisotopic (exact) mass is 213 g/mol. The summed E-state index contributed by atoms with van der Waals surface area (Å²) >= 11 is 5.87. The Morgan fingerprint density at radius 2 is 2.43 bits per heavy atom. The molecule has 0 aromatic carbocycles. The van der Waals surface area contributed by atoms with E-state index >= 15 is 0 Å². The highest BCUT2D eigenvalue weighted by Gasteiger charge is 1.99. The molecule has 1 rings (SSSR count). The summed E-state index contributed by atoms with van der Waals surface area (Å²) in [7, 11) is 0. The predicted octanol–water partition coefficient (Wildman–Crippen LogP) is 0.700. The van der Waals surface area contributed by atoms with Crippen molar-refractivity contribution in [2.75, 3.05) is 6.54 Å². The Hall–Kier alpha value is -1.13. The number of rotatable bonds is 5. The third-order valence-electron chi connectivity index (χ3n) is 1.72. The minimum atomic E-state index is -0.307. The minimum Gasteiger partial charge on any atom is -0.370 e. The molecule has 1 aromatic heterocycles. The van der Waals surface area contributed by atoms with Crippen molar-refractivity contribution in [3.05, 3.63) is 29.0 Å². The lowest BCUT2D eigenvalue weighted by Crippen LogP contribution is -2.21. The highest BCUT2D eigenvalue weighted by molar-refractivity contribution is 6.31. The minimum absolute atomic E-state index is 0.307. The number of nitrogens with zero attached hydrogens (tertiary/aromatic N) is 1. The molecule has 4 nitrogen and oxygen atoms in total. The first-order valence-corrected chi connectivity index (χ1v) is 4.65. The second kappa shape index (κ2) is 5.57. The van der Waals surface area contributed by atoms with Gasteiger partial charge in [0.1, 0.15) is 0 Å². The van der Waals surface area contributed by atoms with E-state index in [0.29, 0.717) is 24.5 Å². The number of nitrogens with one attached hydrogen (secondary N) is 1. The summed E-state index contributed by atoms with van der Waals surface area (Å²) in [5.74, 6) is -0.307. The van der Waals surface area contributed by atoms with Gasteiger partial charge in [-0.05, 0) is 11.6 Å². The maximum absolute atomic E-state index is 10.4. The van der Waals surface area contributed by atoms with Crippen LogP contribution in [0.5, 0.6) is 0 Å². The Kier molecular flexibility index (Phi) is 4.35. The third-order valence-corrected chi connectivity index (χ3v) is 2.06. The first-order valence-electron chi connectivity index (χ1n) is 4.27. The molecule has 0 aliphatic rings. The van der Waals surface area contributed by atoms with Crippen LogP contribution in [0, 0.1) is 0 Å². The van der Waals surface area contributed by atoms with E-state index in [4.69, 9.17) is 17.3 Å². The van der Waals surface area contributed by atoms with E-state index in [1.54, 1.807) is 12.4 Å². The van der Waals surface area contributed by atoms with Crippen LogP contribution in [-0.2, 0) is 11.3 Å². The van der Waals surface area contributed by atoms with E-state index in [9.17, 15) is 4.79 Å². The van der Waals surface area contributed by atoms with Gasteiger partial charge in [-0.1, -0.05) is 11.6 Å². The fourth-order valence-corrected chi connectivity index (χ4v) is 1.17. The Bertz CT molecular complexity index is 317. The van der Waals surface area contributed by atoms with E-state index < -0.39 is 0 Å². The highest BCUT2D eigenvalue weighted by atomic mass is 35.5. The van der Waals surface area contributed by atoms with E-state index in [1.807, 2.05) is 6.07 Å². The number of nitrogens with two attached hydrogens (primary N) is 1. The van der Waals surface area contributed by atoms with Crippen LogP contribution in [0.15, 0.2) is 18.5 Å². The number of carbonyl (C=O) groups excluding carboxylic acids is 1. The fourth-order valence-electron chi connectivity index (χ4n) is 0.982.